The van der Waals surface area contributed by atoms with E-state index in [1.54, 1.807) is 31.0 Å². The van der Waals surface area contributed by atoms with Crippen LogP contribution in [-0.4, -0.2) is 31.5 Å². The number of aryl methyl sites for hydroxylation is 1. The summed E-state index contributed by atoms with van der Waals surface area (Å²) in [4.78, 5) is 24.5. The van der Waals surface area contributed by atoms with Crippen LogP contribution in [0.4, 0.5) is 17.6 Å². The van der Waals surface area contributed by atoms with Gasteiger partial charge in [0.2, 0.25) is 5.95 Å². The Morgan fingerprint density at radius 1 is 0.920 bits per heavy atom. The van der Waals surface area contributed by atoms with Crippen molar-refractivity contribution >= 4 is 17.6 Å². The number of pyridine rings is 1. The van der Waals surface area contributed by atoms with E-state index < -0.39 is 0 Å². The summed E-state index contributed by atoms with van der Waals surface area (Å²) in [5.74, 6) is 2.26. The van der Waals surface area contributed by atoms with Crippen LogP contribution in [0.2, 0.25) is 0 Å². The Kier molecular flexibility index (Phi) is 4.20. The number of hydrogen-bond donors (Lipinski definition) is 1. The van der Waals surface area contributed by atoms with Crippen LogP contribution in [0.1, 0.15) is 30.1 Å². The fourth-order valence-corrected chi connectivity index (χ4v) is 3.15. The minimum atomic E-state index is 0.0996. The molecule has 4 rings (SSSR count). The van der Waals surface area contributed by atoms with Crippen LogP contribution in [0.5, 0.6) is 0 Å². The molecule has 3 aromatic rings. The normalized spacial score (nSPS) is 16.8. The Morgan fingerprint density at radius 2 is 1.68 bits per heavy atom. The molecule has 7 heteroatoms. The highest BCUT2D eigenvalue weighted by molar-refractivity contribution is 5.59. The van der Waals surface area contributed by atoms with Crippen LogP contribution in [0.3, 0.4) is 0 Å². The summed E-state index contributed by atoms with van der Waals surface area (Å²) in [6.07, 6.45) is 10.8. The molecule has 1 fully saturated rings. The lowest BCUT2D eigenvalue weighted by molar-refractivity contribution is 0.677. The standard InChI is InChI=1S/C18H19N7/c1-13-5-2-7-20-16(13)24-17-15(19-10-11-21-17)14-6-3-12-25(14)18-22-8-4-9-23-18/h2,4-5,7-11,14H,3,6,12H2,1H3,(H,20,21,24)/t14-/m0/s1. The first kappa shape index (κ1) is 15.4. The van der Waals surface area contributed by atoms with E-state index in [9.17, 15) is 0 Å². The molecule has 1 aliphatic rings. The Hall–Kier alpha value is -3.09. The Morgan fingerprint density at radius 3 is 2.52 bits per heavy atom. The molecule has 0 aliphatic carbocycles. The van der Waals surface area contributed by atoms with Crippen LogP contribution in [0, 0.1) is 6.92 Å². The van der Waals surface area contributed by atoms with Gasteiger partial charge in [-0.15, -0.1) is 0 Å². The molecule has 1 atom stereocenters. The fourth-order valence-electron chi connectivity index (χ4n) is 3.15. The van der Waals surface area contributed by atoms with Gasteiger partial charge in [-0.2, -0.15) is 0 Å². The van der Waals surface area contributed by atoms with Gasteiger partial charge in [0.1, 0.15) is 11.5 Å². The zero-order valence-corrected chi connectivity index (χ0v) is 14.0. The van der Waals surface area contributed by atoms with E-state index in [1.165, 1.54) is 0 Å². The lowest BCUT2D eigenvalue weighted by Gasteiger charge is -2.25. The molecule has 1 aliphatic heterocycles. The van der Waals surface area contributed by atoms with Crippen LogP contribution < -0.4 is 10.2 Å². The van der Waals surface area contributed by atoms with Crippen molar-refractivity contribution in [1.82, 2.24) is 24.9 Å². The zero-order chi connectivity index (χ0) is 17.1. The van der Waals surface area contributed by atoms with E-state index in [2.05, 4.69) is 35.1 Å². The number of rotatable bonds is 4. The van der Waals surface area contributed by atoms with Gasteiger partial charge in [0.15, 0.2) is 5.82 Å². The molecule has 0 radical (unpaired) electrons. The van der Waals surface area contributed by atoms with Gasteiger partial charge < -0.3 is 10.2 Å². The zero-order valence-electron chi connectivity index (χ0n) is 14.0. The van der Waals surface area contributed by atoms with Crippen molar-refractivity contribution < 1.29 is 0 Å². The highest BCUT2D eigenvalue weighted by atomic mass is 15.3. The monoisotopic (exact) mass is 333 g/mol. The van der Waals surface area contributed by atoms with E-state index in [4.69, 9.17) is 0 Å². The van der Waals surface area contributed by atoms with Crippen molar-refractivity contribution in [2.45, 2.75) is 25.8 Å². The van der Waals surface area contributed by atoms with Gasteiger partial charge >= 0.3 is 0 Å². The molecular weight excluding hydrogens is 314 g/mol. The van der Waals surface area contributed by atoms with Crippen molar-refractivity contribution in [3.63, 3.8) is 0 Å². The summed E-state index contributed by atoms with van der Waals surface area (Å²) < 4.78 is 0. The predicted molar refractivity (Wildman–Crippen MR) is 95.6 cm³/mol. The molecule has 0 aromatic carbocycles. The van der Waals surface area contributed by atoms with Crippen LogP contribution in [0.25, 0.3) is 0 Å². The third-order valence-electron chi connectivity index (χ3n) is 4.35. The van der Waals surface area contributed by atoms with Crippen molar-refractivity contribution in [3.8, 4) is 0 Å². The highest BCUT2D eigenvalue weighted by Crippen LogP contribution is 2.36. The number of aromatic nitrogens is 5. The summed E-state index contributed by atoms with van der Waals surface area (Å²) in [7, 11) is 0. The first-order valence-electron chi connectivity index (χ1n) is 8.36. The molecule has 0 unspecified atom stereocenters. The third kappa shape index (κ3) is 3.13. The van der Waals surface area contributed by atoms with Crippen LogP contribution >= 0.6 is 0 Å². The average Bonchev–Trinajstić information content (AvgIpc) is 3.14. The minimum Gasteiger partial charge on any atom is -0.332 e. The Balaban J connectivity index is 1.68. The molecule has 1 saturated heterocycles. The van der Waals surface area contributed by atoms with Crippen molar-refractivity contribution in [1.29, 1.82) is 0 Å². The summed E-state index contributed by atoms with van der Waals surface area (Å²) >= 11 is 0. The van der Waals surface area contributed by atoms with E-state index in [-0.39, 0.29) is 6.04 Å². The van der Waals surface area contributed by atoms with E-state index in [0.717, 1.165) is 48.2 Å². The summed E-state index contributed by atoms with van der Waals surface area (Å²) in [5.41, 5.74) is 1.96. The van der Waals surface area contributed by atoms with Crippen LogP contribution in [0.15, 0.2) is 49.2 Å². The smallest absolute Gasteiger partial charge is 0.225 e. The van der Waals surface area contributed by atoms with Gasteiger partial charge in [-0.3, -0.25) is 4.98 Å². The third-order valence-corrected chi connectivity index (χ3v) is 4.35. The van der Waals surface area contributed by atoms with E-state index in [0.29, 0.717) is 0 Å². The molecule has 1 N–H and O–H groups in total. The Bertz CT molecular complexity index is 853. The molecule has 126 valence electrons. The summed E-state index contributed by atoms with van der Waals surface area (Å²) in [5, 5.41) is 3.34. The molecule has 3 aromatic heterocycles. The van der Waals surface area contributed by atoms with Gasteiger partial charge in [0.25, 0.3) is 0 Å². The number of hydrogen-bond acceptors (Lipinski definition) is 7. The van der Waals surface area contributed by atoms with Gasteiger partial charge in [-0.1, -0.05) is 6.07 Å². The molecule has 7 nitrogen and oxygen atoms in total. The maximum absolute atomic E-state index is 4.61. The lowest BCUT2D eigenvalue weighted by atomic mass is 10.1. The predicted octanol–water partition coefficient (Wildman–Crippen LogP) is 3.06. The molecule has 0 bridgehead atoms. The first-order valence-corrected chi connectivity index (χ1v) is 8.36. The fraction of sp³-hybridized carbons (Fsp3) is 0.278. The van der Waals surface area contributed by atoms with Gasteiger partial charge in [0.05, 0.1) is 6.04 Å². The largest absolute Gasteiger partial charge is 0.332 e. The second-order valence-corrected chi connectivity index (χ2v) is 5.98. The van der Waals surface area contributed by atoms with Crippen LogP contribution in [-0.2, 0) is 0 Å². The molecule has 25 heavy (non-hydrogen) atoms. The summed E-state index contributed by atoms with van der Waals surface area (Å²) in [6, 6.07) is 5.87. The van der Waals surface area contributed by atoms with Gasteiger partial charge in [-0.05, 0) is 37.5 Å². The molecule has 4 heterocycles. The summed E-state index contributed by atoms with van der Waals surface area (Å²) in [6.45, 7) is 2.93. The maximum atomic E-state index is 4.61. The lowest BCUT2D eigenvalue weighted by Crippen LogP contribution is -2.26. The molecule has 0 saturated carbocycles. The molecule has 0 spiro atoms. The quantitative estimate of drug-likeness (QED) is 0.786. The van der Waals surface area contributed by atoms with Gasteiger partial charge in [-0.25, -0.2) is 19.9 Å². The van der Waals surface area contributed by atoms with Crippen molar-refractivity contribution in [2.24, 2.45) is 0 Å². The molecule has 0 amide bonds. The number of nitrogens with zero attached hydrogens (tertiary/aromatic N) is 6. The highest BCUT2D eigenvalue weighted by Gasteiger charge is 2.31. The topological polar surface area (TPSA) is 79.7 Å². The van der Waals surface area contributed by atoms with Crippen molar-refractivity contribution in [2.75, 3.05) is 16.8 Å². The second kappa shape index (κ2) is 6.80. The van der Waals surface area contributed by atoms with Gasteiger partial charge in [0, 0.05) is 37.5 Å². The van der Waals surface area contributed by atoms with E-state index in [1.807, 2.05) is 25.1 Å². The second-order valence-electron chi connectivity index (χ2n) is 5.98. The van der Waals surface area contributed by atoms with Crippen molar-refractivity contribution in [3.05, 3.63) is 60.4 Å². The first-order chi connectivity index (χ1) is 12.3. The van der Waals surface area contributed by atoms with E-state index >= 15 is 0 Å². The number of anilines is 3. The maximum Gasteiger partial charge on any atom is 0.225 e. The SMILES string of the molecule is Cc1cccnc1Nc1nccnc1[C@@H]1CCCN1c1ncccn1. The molecular formula is C18H19N7. The Labute approximate surface area is 146 Å². The average molecular weight is 333 g/mol. The number of nitrogens with one attached hydrogen (secondary N) is 1. The minimum absolute atomic E-state index is 0.0996.